The van der Waals surface area contributed by atoms with Gasteiger partial charge in [-0.25, -0.2) is 14.5 Å². The Labute approximate surface area is 164 Å². The van der Waals surface area contributed by atoms with Crippen LogP contribution in [0.2, 0.25) is 0 Å². The van der Waals surface area contributed by atoms with Crippen molar-refractivity contribution in [3.63, 3.8) is 0 Å². The number of imidazole rings is 1. The molecule has 1 aliphatic heterocycles. The molecule has 29 heavy (non-hydrogen) atoms. The number of hydrogen-bond acceptors (Lipinski definition) is 5. The summed E-state index contributed by atoms with van der Waals surface area (Å²) in [5.74, 6) is -0.612. The summed E-state index contributed by atoms with van der Waals surface area (Å²) in [6.45, 7) is -0.312. The average molecular weight is 416 g/mol. The minimum atomic E-state index is -4.98. The topological polar surface area (TPSA) is 107 Å². The van der Waals surface area contributed by atoms with E-state index in [0.717, 1.165) is 34.7 Å². The Balaban J connectivity index is 1.64. The molecule has 0 aromatic carbocycles. The molecular weight excluding hydrogens is 393 g/mol. The molecule has 1 aliphatic rings. The molecule has 1 atom stereocenters. The van der Waals surface area contributed by atoms with Crippen molar-refractivity contribution in [2.45, 2.75) is 57.0 Å². The first-order valence-electron chi connectivity index (χ1n) is 9.33. The van der Waals surface area contributed by atoms with Gasteiger partial charge >= 0.3 is 11.9 Å². The van der Waals surface area contributed by atoms with E-state index >= 15 is 0 Å². The van der Waals surface area contributed by atoms with Gasteiger partial charge in [0.05, 0.1) is 0 Å². The quantitative estimate of drug-likeness (QED) is 0.712. The Hall–Kier alpha value is -2.63. The van der Waals surface area contributed by atoms with Crippen LogP contribution in [0.25, 0.3) is 0 Å². The second kappa shape index (κ2) is 8.01. The summed E-state index contributed by atoms with van der Waals surface area (Å²) in [5.41, 5.74) is -3.61. The monoisotopic (exact) mass is 416 g/mol. The Kier molecular flexibility index (Phi) is 5.82. The van der Waals surface area contributed by atoms with E-state index in [-0.39, 0.29) is 0 Å². The first-order valence-corrected chi connectivity index (χ1v) is 9.33. The van der Waals surface area contributed by atoms with E-state index in [2.05, 4.69) is 15.4 Å². The molecular formula is C17H23F3N6O3. The number of fused-ring (bicyclic) bond motifs is 1. The van der Waals surface area contributed by atoms with E-state index in [1.807, 2.05) is 0 Å². The van der Waals surface area contributed by atoms with E-state index in [4.69, 9.17) is 0 Å². The molecule has 3 rings (SSSR count). The van der Waals surface area contributed by atoms with Crippen molar-refractivity contribution in [3.05, 3.63) is 34.5 Å². The zero-order valence-electron chi connectivity index (χ0n) is 15.9. The smallest absolute Gasteiger partial charge is 0.374 e. The summed E-state index contributed by atoms with van der Waals surface area (Å²) in [7, 11) is 1.34. The lowest BCUT2D eigenvalue weighted by atomic mass is 9.97. The van der Waals surface area contributed by atoms with Crippen LogP contribution < -0.4 is 11.0 Å². The number of carbonyl (C=O) groups is 1. The van der Waals surface area contributed by atoms with Crippen LogP contribution in [-0.4, -0.2) is 47.6 Å². The van der Waals surface area contributed by atoms with Crippen LogP contribution in [-0.2, 0) is 37.0 Å². The van der Waals surface area contributed by atoms with Gasteiger partial charge in [-0.3, -0.25) is 9.36 Å². The van der Waals surface area contributed by atoms with Crippen LogP contribution in [0.5, 0.6) is 0 Å². The fourth-order valence-electron chi connectivity index (χ4n) is 3.45. The van der Waals surface area contributed by atoms with Gasteiger partial charge in [0.25, 0.3) is 0 Å². The first kappa shape index (κ1) is 21.1. The molecule has 0 spiro atoms. The molecule has 1 unspecified atom stereocenters. The van der Waals surface area contributed by atoms with Crippen molar-refractivity contribution in [2.24, 2.45) is 7.05 Å². The molecule has 0 radical (unpaired) electrons. The number of carbonyl (C=O) groups excluding carboxylic acids is 1. The normalized spacial score (nSPS) is 16.7. The Bertz CT molecular complexity index is 932. The van der Waals surface area contributed by atoms with E-state index in [0.29, 0.717) is 18.8 Å². The van der Waals surface area contributed by atoms with E-state index in [9.17, 15) is 27.9 Å². The lowest BCUT2D eigenvalue weighted by Gasteiger charge is -2.29. The molecule has 0 saturated carbocycles. The highest BCUT2D eigenvalue weighted by atomic mass is 19.4. The highest BCUT2D eigenvalue weighted by Crippen LogP contribution is 2.40. The predicted molar refractivity (Wildman–Crippen MR) is 94.8 cm³/mol. The van der Waals surface area contributed by atoms with Crippen LogP contribution in [0.3, 0.4) is 0 Å². The second-order valence-corrected chi connectivity index (χ2v) is 7.14. The van der Waals surface area contributed by atoms with E-state index in [1.54, 1.807) is 0 Å². The molecule has 2 N–H and O–H groups in total. The Morgan fingerprint density at radius 2 is 2.07 bits per heavy atom. The summed E-state index contributed by atoms with van der Waals surface area (Å²) >= 11 is 0. The van der Waals surface area contributed by atoms with Crippen LogP contribution in [0.4, 0.5) is 13.2 Å². The molecule has 2 aromatic heterocycles. The summed E-state index contributed by atoms with van der Waals surface area (Å²) in [6.07, 6.45) is 0.0594. The average Bonchev–Trinajstić information content (AvgIpc) is 3.09. The van der Waals surface area contributed by atoms with Crippen molar-refractivity contribution in [3.8, 4) is 0 Å². The van der Waals surface area contributed by atoms with Crippen LogP contribution in [0.1, 0.15) is 37.3 Å². The van der Waals surface area contributed by atoms with Crippen molar-refractivity contribution in [2.75, 3.05) is 6.54 Å². The van der Waals surface area contributed by atoms with E-state index in [1.165, 1.54) is 17.8 Å². The predicted octanol–water partition coefficient (Wildman–Crippen LogP) is 0.461. The second-order valence-electron chi connectivity index (χ2n) is 7.14. The molecule has 160 valence electrons. The van der Waals surface area contributed by atoms with Crippen LogP contribution >= 0.6 is 0 Å². The standard InChI is InChI=1S/C17H23F3N6O3/c1-24-10-8-22-14(24)16(29,17(18,19)20)6-7-21-13(27)11-26-15(28)25-9-4-2-3-5-12(25)23-26/h8,10,29H,2-7,9,11H2,1H3,(H,21,27). The first-order chi connectivity index (χ1) is 13.6. The van der Waals surface area contributed by atoms with Crippen molar-refractivity contribution >= 4 is 5.91 Å². The van der Waals surface area contributed by atoms with Gasteiger partial charge in [-0.1, -0.05) is 6.42 Å². The molecule has 0 fully saturated rings. The maximum Gasteiger partial charge on any atom is 0.424 e. The number of aliphatic hydroxyl groups is 1. The van der Waals surface area contributed by atoms with Crippen LogP contribution in [0.15, 0.2) is 17.2 Å². The lowest BCUT2D eigenvalue weighted by Crippen LogP contribution is -2.47. The van der Waals surface area contributed by atoms with E-state index < -0.39 is 48.7 Å². The third-order valence-electron chi connectivity index (χ3n) is 5.04. The molecule has 1 amide bonds. The largest absolute Gasteiger partial charge is 0.424 e. The SMILES string of the molecule is Cn1ccnc1C(O)(CCNC(=O)Cn1nc2n(c1=O)CCCCC2)C(F)(F)F. The zero-order valence-corrected chi connectivity index (χ0v) is 15.9. The van der Waals surface area contributed by atoms with Gasteiger partial charge in [0.2, 0.25) is 11.5 Å². The third-order valence-corrected chi connectivity index (χ3v) is 5.04. The zero-order chi connectivity index (χ0) is 21.2. The number of alkyl halides is 3. The van der Waals surface area contributed by atoms with Gasteiger partial charge < -0.3 is 15.0 Å². The van der Waals surface area contributed by atoms with Gasteiger partial charge in [0.1, 0.15) is 18.2 Å². The summed E-state index contributed by atoms with van der Waals surface area (Å²) in [4.78, 5) is 28.1. The molecule has 9 nitrogen and oxygen atoms in total. The molecule has 12 heteroatoms. The summed E-state index contributed by atoms with van der Waals surface area (Å²) < 4.78 is 44.0. The molecule has 3 heterocycles. The minimum Gasteiger partial charge on any atom is -0.374 e. The number of hydrogen-bond donors (Lipinski definition) is 2. The maximum atomic E-state index is 13.5. The summed E-state index contributed by atoms with van der Waals surface area (Å²) in [5, 5.41) is 16.7. The fourth-order valence-corrected chi connectivity index (χ4v) is 3.45. The number of nitrogens with one attached hydrogen (secondary N) is 1. The number of nitrogens with zero attached hydrogens (tertiary/aromatic N) is 5. The minimum absolute atomic E-state index is 0.397. The third kappa shape index (κ3) is 4.21. The van der Waals surface area contributed by atoms with Crippen molar-refractivity contribution in [1.82, 2.24) is 29.2 Å². The number of aromatic nitrogens is 5. The molecule has 0 aliphatic carbocycles. The fraction of sp³-hybridized carbons (Fsp3) is 0.647. The highest BCUT2D eigenvalue weighted by Gasteiger charge is 2.57. The van der Waals surface area contributed by atoms with Gasteiger partial charge in [-0.05, 0) is 12.8 Å². The number of aryl methyl sites for hydroxylation is 2. The lowest BCUT2D eigenvalue weighted by molar-refractivity contribution is -0.272. The Morgan fingerprint density at radius 1 is 1.31 bits per heavy atom. The molecule has 2 aromatic rings. The van der Waals surface area contributed by atoms with Gasteiger partial charge in [0, 0.05) is 45.4 Å². The van der Waals surface area contributed by atoms with Crippen molar-refractivity contribution < 1.29 is 23.1 Å². The number of rotatable bonds is 6. The van der Waals surface area contributed by atoms with Crippen LogP contribution in [0, 0.1) is 0 Å². The Morgan fingerprint density at radius 3 is 2.72 bits per heavy atom. The van der Waals surface area contributed by atoms with Gasteiger partial charge in [-0.15, -0.1) is 0 Å². The molecule has 0 bridgehead atoms. The summed E-state index contributed by atoms with van der Waals surface area (Å²) in [6, 6.07) is 0. The van der Waals surface area contributed by atoms with Gasteiger partial charge in [-0.2, -0.15) is 18.3 Å². The number of amides is 1. The number of halogens is 3. The highest BCUT2D eigenvalue weighted by molar-refractivity contribution is 5.75. The van der Waals surface area contributed by atoms with Crippen molar-refractivity contribution in [1.29, 1.82) is 0 Å². The molecule has 0 saturated heterocycles. The maximum absolute atomic E-state index is 13.5. The van der Waals surface area contributed by atoms with Gasteiger partial charge in [0.15, 0.2) is 0 Å².